The summed E-state index contributed by atoms with van der Waals surface area (Å²) in [6.07, 6.45) is 3.54. The first-order valence-corrected chi connectivity index (χ1v) is 8.29. The van der Waals surface area contributed by atoms with Gasteiger partial charge in [0.25, 0.3) is 0 Å². The fourth-order valence-electron chi connectivity index (χ4n) is 3.15. The van der Waals surface area contributed by atoms with Gasteiger partial charge >= 0.3 is 0 Å². The van der Waals surface area contributed by atoms with Crippen LogP contribution in [-0.2, 0) is 12.8 Å². The molecule has 0 saturated heterocycles. The average molecular weight is 348 g/mol. The van der Waals surface area contributed by atoms with Crippen LogP contribution in [0.3, 0.4) is 0 Å². The standard InChI is InChI=1S/C18H19BrFN/c1-2-21-18(17-15(19)7-4-8-16(17)20)14-10-9-12-5-3-6-13(12)11-14/h4,7-11,18,21H,2-3,5-6H2,1H3. The van der Waals surface area contributed by atoms with Gasteiger partial charge in [0.1, 0.15) is 5.82 Å². The summed E-state index contributed by atoms with van der Waals surface area (Å²) < 4.78 is 15.1. The molecular formula is C18H19BrFN. The second-order valence-electron chi connectivity index (χ2n) is 5.51. The van der Waals surface area contributed by atoms with Gasteiger partial charge in [0.2, 0.25) is 0 Å². The number of benzene rings is 2. The number of fused-ring (bicyclic) bond motifs is 1. The van der Waals surface area contributed by atoms with E-state index in [2.05, 4.69) is 46.4 Å². The maximum absolute atomic E-state index is 14.3. The van der Waals surface area contributed by atoms with Crippen molar-refractivity contribution < 1.29 is 4.39 Å². The maximum atomic E-state index is 14.3. The molecule has 1 nitrogen and oxygen atoms in total. The Hall–Kier alpha value is -1.19. The average Bonchev–Trinajstić information content (AvgIpc) is 2.93. The first-order valence-electron chi connectivity index (χ1n) is 7.49. The smallest absolute Gasteiger partial charge is 0.129 e. The minimum Gasteiger partial charge on any atom is -0.306 e. The van der Waals surface area contributed by atoms with E-state index in [1.54, 1.807) is 6.07 Å². The molecule has 3 heteroatoms. The van der Waals surface area contributed by atoms with Crippen molar-refractivity contribution in [2.75, 3.05) is 6.54 Å². The molecule has 21 heavy (non-hydrogen) atoms. The lowest BCUT2D eigenvalue weighted by atomic mass is 9.95. The summed E-state index contributed by atoms with van der Waals surface area (Å²) in [7, 11) is 0. The third kappa shape index (κ3) is 2.90. The highest BCUT2D eigenvalue weighted by Crippen LogP contribution is 2.33. The molecule has 0 heterocycles. The van der Waals surface area contributed by atoms with Gasteiger partial charge in [0.05, 0.1) is 6.04 Å². The monoisotopic (exact) mass is 347 g/mol. The van der Waals surface area contributed by atoms with Gasteiger partial charge in [-0.05, 0) is 54.6 Å². The molecule has 0 fully saturated rings. The highest BCUT2D eigenvalue weighted by Gasteiger charge is 2.21. The van der Waals surface area contributed by atoms with Gasteiger partial charge in [-0.1, -0.05) is 47.1 Å². The normalized spacial score (nSPS) is 15.0. The van der Waals surface area contributed by atoms with Gasteiger partial charge in [-0.3, -0.25) is 0 Å². The van der Waals surface area contributed by atoms with E-state index in [-0.39, 0.29) is 11.9 Å². The van der Waals surface area contributed by atoms with Crippen LogP contribution in [0.15, 0.2) is 40.9 Å². The van der Waals surface area contributed by atoms with Gasteiger partial charge in [-0.2, -0.15) is 0 Å². The molecule has 3 rings (SSSR count). The molecule has 0 bridgehead atoms. The van der Waals surface area contributed by atoms with E-state index < -0.39 is 0 Å². The SMILES string of the molecule is CCNC(c1ccc2c(c1)CCC2)c1c(F)cccc1Br. The van der Waals surface area contributed by atoms with E-state index in [1.807, 2.05) is 6.07 Å². The molecule has 1 aliphatic rings. The van der Waals surface area contributed by atoms with Crippen molar-refractivity contribution in [2.45, 2.75) is 32.2 Å². The summed E-state index contributed by atoms with van der Waals surface area (Å²) in [5, 5.41) is 3.42. The fourth-order valence-corrected chi connectivity index (χ4v) is 3.72. The summed E-state index contributed by atoms with van der Waals surface area (Å²) in [4.78, 5) is 0. The number of hydrogen-bond donors (Lipinski definition) is 1. The molecule has 1 unspecified atom stereocenters. The van der Waals surface area contributed by atoms with E-state index >= 15 is 0 Å². The molecule has 1 atom stereocenters. The molecule has 0 radical (unpaired) electrons. The van der Waals surface area contributed by atoms with Crippen LogP contribution in [-0.4, -0.2) is 6.54 Å². The molecule has 2 aromatic rings. The zero-order valence-electron chi connectivity index (χ0n) is 12.1. The van der Waals surface area contributed by atoms with Crippen LogP contribution in [0.2, 0.25) is 0 Å². The molecular weight excluding hydrogens is 329 g/mol. The van der Waals surface area contributed by atoms with Crippen LogP contribution < -0.4 is 5.32 Å². The minimum atomic E-state index is -0.171. The summed E-state index contributed by atoms with van der Waals surface area (Å²) in [6.45, 7) is 2.84. The van der Waals surface area contributed by atoms with Crippen LogP contribution in [0.1, 0.15) is 41.6 Å². The summed E-state index contributed by atoms with van der Waals surface area (Å²) >= 11 is 3.50. The Morgan fingerprint density at radius 2 is 2.00 bits per heavy atom. The highest BCUT2D eigenvalue weighted by molar-refractivity contribution is 9.10. The lowest BCUT2D eigenvalue weighted by Crippen LogP contribution is -2.23. The summed E-state index contributed by atoms with van der Waals surface area (Å²) in [5.41, 5.74) is 4.70. The Kier molecular flexibility index (Phi) is 4.41. The zero-order valence-corrected chi connectivity index (χ0v) is 13.7. The fraction of sp³-hybridized carbons (Fsp3) is 0.333. The van der Waals surface area contributed by atoms with Gasteiger partial charge in [-0.25, -0.2) is 4.39 Å². The number of aryl methyl sites for hydroxylation is 2. The predicted octanol–water partition coefficient (Wildman–Crippen LogP) is 4.78. The van der Waals surface area contributed by atoms with E-state index in [4.69, 9.17) is 0 Å². The number of hydrogen-bond acceptors (Lipinski definition) is 1. The lowest BCUT2D eigenvalue weighted by Gasteiger charge is -2.21. The Balaban J connectivity index is 2.06. The molecule has 110 valence electrons. The van der Waals surface area contributed by atoms with Crippen molar-refractivity contribution in [3.8, 4) is 0 Å². The minimum absolute atomic E-state index is 0.114. The van der Waals surface area contributed by atoms with Crippen molar-refractivity contribution in [3.05, 3.63) is 68.9 Å². The van der Waals surface area contributed by atoms with Crippen molar-refractivity contribution >= 4 is 15.9 Å². The molecule has 1 N–H and O–H groups in total. The van der Waals surface area contributed by atoms with Crippen LogP contribution in [0.4, 0.5) is 4.39 Å². The zero-order chi connectivity index (χ0) is 14.8. The lowest BCUT2D eigenvalue weighted by molar-refractivity contribution is 0.556. The Morgan fingerprint density at radius 3 is 2.76 bits per heavy atom. The number of halogens is 2. The summed E-state index contributed by atoms with van der Waals surface area (Å²) in [6, 6.07) is 11.6. The number of rotatable bonds is 4. The number of nitrogens with one attached hydrogen (secondary N) is 1. The predicted molar refractivity (Wildman–Crippen MR) is 88.1 cm³/mol. The first-order chi connectivity index (χ1) is 10.2. The second-order valence-corrected chi connectivity index (χ2v) is 6.36. The van der Waals surface area contributed by atoms with E-state index in [9.17, 15) is 4.39 Å². The third-order valence-electron chi connectivity index (χ3n) is 4.15. The highest BCUT2D eigenvalue weighted by atomic mass is 79.9. The Labute approximate surface area is 133 Å². The van der Waals surface area contributed by atoms with Crippen LogP contribution in [0.5, 0.6) is 0 Å². The van der Waals surface area contributed by atoms with Crippen molar-refractivity contribution in [3.63, 3.8) is 0 Å². The molecule has 0 aromatic heterocycles. The van der Waals surface area contributed by atoms with E-state index in [0.29, 0.717) is 5.56 Å². The van der Waals surface area contributed by atoms with Gasteiger partial charge in [0.15, 0.2) is 0 Å². The molecule has 2 aromatic carbocycles. The second kappa shape index (κ2) is 6.29. The van der Waals surface area contributed by atoms with E-state index in [1.165, 1.54) is 30.0 Å². The topological polar surface area (TPSA) is 12.0 Å². The van der Waals surface area contributed by atoms with Crippen LogP contribution in [0.25, 0.3) is 0 Å². The Morgan fingerprint density at radius 1 is 1.19 bits per heavy atom. The van der Waals surface area contributed by atoms with Crippen LogP contribution in [0, 0.1) is 5.82 Å². The van der Waals surface area contributed by atoms with E-state index in [0.717, 1.165) is 23.0 Å². The van der Waals surface area contributed by atoms with Crippen LogP contribution >= 0.6 is 15.9 Å². The molecule has 0 saturated carbocycles. The summed E-state index contributed by atoms with van der Waals surface area (Å²) in [5.74, 6) is -0.171. The molecule has 0 aliphatic heterocycles. The van der Waals surface area contributed by atoms with Gasteiger partial charge in [0, 0.05) is 10.0 Å². The first kappa shape index (κ1) is 14.7. The quantitative estimate of drug-likeness (QED) is 0.839. The van der Waals surface area contributed by atoms with Crippen molar-refractivity contribution in [2.24, 2.45) is 0 Å². The van der Waals surface area contributed by atoms with Crippen molar-refractivity contribution in [1.82, 2.24) is 5.32 Å². The maximum Gasteiger partial charge on any atom is 0.129 e. The largest absolute Gasteiger partial charge is 0.306 e. The Bertz CT molecular complexity index is 633. The van der Waals surface area contributed by atoms with Gasteiger partial charge in [-0.15, -0.1) is 0 Å². The molecule has 1 aliphatic carbocycles. The van der Waals surface area contributed by atoms with Crippen molar-refractivity contribution in [1.29, 1.82) is 0 Å². The third-order valence-corrected chi connectivity index (χ3v) is 4.84. The molecule has 0 amide bonds. The molecule has 0 spiro atoms. The van der Waals surface area contributed by atoms with Gasteiger partial charge < -0.3 is 5.32 Å².